The molecule has 6 aromatic carbocycles. The molecule has 6 rings (SSSR count). The Labute approximate surface area is 394 Å². The minimum Gasteiger partial charge on any atom is -0.507 e. The van der Waals surface area contributed by atoms with E-state index < -0.39 is 7.92 Å². The number of hydrogen-bond donors (Lipinski definition) is 2. The first kappa shape index (κ1) is 49.7. The van der Waals surface area contributed by atoms with E-state index in [0.29, 0.717) is 6.42 Å². The van der Waals surface area contributed by atoms with Gasteiger partial charge in [0, 0.05) is 36.0 Å². The number of rotatable bonds is 12. The molecule has 6 aromatic rings. The maximum absolute atomic E-state index is 12.9. The van der Waals surface area contributed by atoms with Crippen LogP contribution in [0.3, 0.4) is 0 Å². The smallest absolute Gasteiger partial charge is 0.131 e. The van der Waals surface area contributed by atoms with Crippen LogP contribution >= 0.6 is 7.92 Å². The summed E-state index contributed by atoms with van der Waals surface area (Å²) in [6.07, 6.45) is 3.68. The monoisotopic (exact) mass is 889 g/mol. The standard InChI is InChI=1S/C61H77O3P/c1-39-26-49(43-33-45(58(3,4)5)37-46(34-43)59(6,7)8)55(62)51(28-39)53-31-42(30-41-22-18-17-19-23-41)32-54(57(53)65(16)25-21-20-24-64-15)52-29-40(2)27-50(56(52)63)44-35-47(60(9,10)11)38-48(36-44)61(12,13)14/h17-19,22-23,26-29,31-38,62-63H,20-21,24-25,30H2,1-16H3. The predicted molar refractivity (Wildman–Crippen MR) is 283 cm³/mol. The van der Waals surface area contributed by atoms with Gasteiger partial charge in [0.15, 0.2) is 0 Å². The summed E-state index contributed by atoms with van der Waals surface area (Å²) in [7, 11) is 0.989. The zero-order valence-electron chi connectivity index (χ0n) is 42.6. The first-order chi connectivity index (χ1) is 30.3. The summed E-state index contributed by atoms with van der Waals surface area (Å²) in [6, 6.07) is 37.7. The Kier molecular flexibility index (Phi) is 14.7. The molecule has 0 fully saturated rings. The number of ether oxygens (including phenoxy) is 1. The van der Waals surface area contributed by atoms with Gasteiger partial charge in [-0.3, -0.25) is 0 Å². The van der Waals surface area contributed by atoms with Gasteiger partial charge in [-0.15, -0.1) is 0 Å². The quantitative estimate of drug-likeness (QED) is 0.0951. The summed E-state index contributed by atoms with van der Waals surface area (Å²) in [6.45, 7) is 34.6. The lowest BCUT2D eigenvalue weighted by molar-refractivity contribution is 0.194. The average molecular weight is 889 g/mol. The van der Waals surface area contributed by atoms with E-state index in [0.717, 1.165) is 86.8 Å². The Hall–Kier alpha value is -4.69. The third-order valence-corrected chi connectivity index (χ3v) is 15.2. The number of phenols is 2. The van der Waals surface area contributed by atoms with Crippen LogP contribution in [0.25, 0.3) is 44.5 Å². The number of unbranched alkanes of at least 4 members (excludes halogenated alkanes) is 1. The van der Waals surface area contributed by atoms with Crippen LogP contribution in [0.2, 0.25) is 0 Å². The van der Waals surface area contributed by atoms with E-state index in [1.165, 1.54) is 33.1 Å². The molecule has 0 aliphatic carbocycles. The molecule has 0 aliphatic heterocycles. The SMILES string of the molecule is COCCCCP(C)c1c(-c2cc(C)cc(-c3cc(C(C)(C)C)cc(C(C)(C)C)c3)c2O)cc(Cc2ccccc2)cc1-c1cc(C)cc(-c2cc(C(C)(C)C)cc(C(C)(C)C)c2)c1O. The largest absolute Gasteiger partial charge is 0.507 e. The van der Waals surface area contributed by atoms with E-state index in [9.17, 15) is 10.2 Å². The summed E-state index contributed by atoms with van der Waals surface area (Å²) in [5.41, 5.74) is 16.6. The highest BCUT2D eigenvalue weighted by molar-refractivity contribution is 7.65. The number of phenolic OH excluding ortho intramolecular Hbond substituents is 2. The van der Waals surface area contributed by atoms with Gasteiger partial charge in [-0.1, -0.05) is 158 Å². The van der Waals surface area contributed by atoms with Crippen molar-refractivity contribution in [3.63, 3.8) is 0 Å². The van der Waals surface area contributed by atoms with Crippen LogP contribution in [0, 0.1) is 13.8 Å². The van der Waals surface area contributed by atoms with E-state index in [1.54, 1.807) is 7.11 Å². The molecule has 0 spiro atoms. The second-order valence-electron chi connectivity index (χ2n) is 22.8. The number of aromatic hydroxyl groups is 2. The average Bonchev–Trinajstić information content (AvgIpc) is 3.22. The van der Waals surface area contributed by atoms with E-state index in [1.807, 2.05) is 0 Å². The number of aryl methyl sites for hydroxylation is 2. The number of benzene rings is 6. The Balaban J connectivity index is 1.72. The van der Waals surface area contributed by atoms with Gasteiger partial charge in [0.25, 0.3) is 0 Å². The molecule has 3 nitrogen and oxygen atoms in total. The minimum absolute atomic E-state index is 0.0793. The van der Waals surface area contributed by atoms with Crippen LogP contribution < -0.4 is 5.30 Å². The molecule has 0 amide bonds. The van der Waals surface area contributed by atoms with Crippen LogP contribution in [0.1, 0.15) is 140 Å². The van der Waals surface area contributed by atoms with Crippen molar-refractivity contribution >= 4 is 13.2 Å². The van der Waals surface area contributed by atoms with Gasteiger partial charge in [0.05, 0.1) is 0 Å². The molecule has 1 unspecified atom stereocenters. The Morgan fingerprint density at radius 2 is 0.846 bits per heavy atom. The van der Waals surface area contributed by atoms with Crippen LogP contribution in [0.4, 0.5) is 0 Å². The summed E-state index contributed by atoms with van der Waals surface area (Å²) in [5, 5.41) is 27.0. The Bertz CT molecular complexity index is 2420. The highest BCUT2D eigenvalue weighted by Gasteiger charge is 2.28. The topological polar surface area (TPSA) is 49.7 Å². The maximum Gasteiger partial charge on any atom is 0.131 e. The van der Waals surface area contributed by atoms with Crippen molar-refractivity contribution in [2.45, 2.75) is 138 Å². The summed E-state index contributed by atoms with van der Waals surface area (Å²) < 4.78 is 5.51. The van der Waals surface area contributed by atoms with E-state index in [-0.39, 0.29) is 33.2 Å². The predicted octanol–water partition coefficient (Wildman–Crippen LogP) is 16.3. The lowest BCUT2D eigenvalue weighted by Gasteiger charge is -2.28. The van der Waals surface area contributed by atoms with Crippen molar-refractivity contribution in [3.05, 3.63) is 148 Å². The zero-order valence-corrected chi connectivity index (χ0v) is 43.5. The van der Waals surface area contributed by atoms with Gasteiger partial charge in [0.1, 0.15) is 11.5 Å². The van der Waals surface area contributed by atoms with Gasteiger partial charge >= 0.3 is 0 Å². The lowest BCUT2D eigenvalue weighted by Crippen LogP contribution is -2.16. The number of methoxy groups -OCH3 is 1. The molecule has 2 N–H and O–H groups in total. The van der Waals surface area contributed by atoms with Crippen molar-refractivity contribution in [3.8, 4) is 56.0 Å². The van der Waals surface area contributed by atoms with Crippen molar-refractivity contribution in [2.75, 3.05) is 26.5 Å². The second-order valence-corrected chi connectivity index (χ2v) is 25.1. The first-order valence-electron chi connectivity index (χ1n) is 23.7. The lowest BCUT2D eigenvalue weighted by atomic mass is 9.78. The molecule has 0 saturated carbocycles. The van der Waals surface area contributed by atoms with E-state index >= 15 is 0 Å². The molecule has 0 aliphatic rings. The molecular formula is C61H77O3P. The highest BCUT2D eigenvalue weighted by Crippen LogP contribution is 2.49. The maximum atomic E-state index is 12.9. The fraction of sp³-hybridized carbons (Fsp3) is 0.410. The molecule has 0 aromatic heterocycles. The normalized spacial score (nSPS) is 13.0. The van der Waals surface area contributed by atoms with Gasteiger partial charge in [0.2, 0.25) is 0 Å². The molecule has 0 radical (unpaired) electrons. The van der Waals surface area contributed by atoms with Crippen LogP contribution in [-0.2, 0) is 32.8 Å². The molecule has 344 valence electrons. The van der Waals surface area contributed by atoms with Crippen molar-refractivity contribution in [1.29, 1.82) is 0 Å². The van der Waals surface area contributed by atoms with Gasteiger partial charge in [-0.2, -0.15) is 0 Å². The van der Waals surface area contributed by atoms with Crippen LogP contribution in [0.5, 0.6) is 11.5 Å². The van der Waals surface area contributed by atoms with Crippen molar-refractivity contribution in [2.24, 2.45) is 0 Å². The first-order valence-corrected chi connectivity index (χ1v) is 25.7. The third-order valence-electron chi connectivity index (χ3n) is 12.9. The van der Waals surface area contributed by atoms with Crippen LogP contribution in [-0.4, -0.2) is 36.8 Å². The van der Waals surface area contributed by atoms with Gasteiger partial charge < -0.3 is 14.9 Å². The summed E-state index contributed by atoms with van der Waals surface area (Å²) in [4.78, 5) is 0. The van der Waals surface area contributed by atoms with E-state index in [4.69, 9.17) is 4.74 Å². The van der Waals surface area contributed by atoms with Gasteiger partial charge in [-0.05, 0) is 176 Å². The fourth-order valence-electron chi connectivity index (χ4n) is 8.86. The van der Waals surface area contributed by atoms with Gasteiger partial charge in [-0.25, -0.2) is 0 Å². The van der Waals surface area contributed by atoms with Crippen LogP contribution in [0.15, 0.2) is 103 Å². The zero-order chi connectivity index (χ0) is 47.8. The molecule has 0 heterocycles. The Morgan fingerprint density at radius 1 is 0.462 bits per heavy atom. The second kappa shape index (κ2) is 19.3. The minimum atomic E-state index is -0.785. The molecule has 4 heteroatoms. The fourth-order valence-corrected chi connectivity index (χ4v) is 11.0. The number of hydrogen-bond acceptors (Lipinski definition) is 3. The van der Waals surface area contributed by atoms with Crippen molar-refractivity contribution in [1.82, 2.24) is 0 Å². The third kappa shape index (κ3) is 11.6. The molecular weight excluding hydrogens is 812 g/mol. The molecule has 0 bridgehead atoms. The van der Waals surface area contributed by atoms with E-state index in [2.05, 4.69) is 207 Å². The molecule has 0 saturated heterocycles. The molecule has 65 heavy (non-hydrogen) atoms. The Morgan fingerprint density at radius 3 is 1.22 bits per heavy atom. The molecule has 1 atom stereocenters. The highest BCUT2D eigenvalue weighted by atomic mass is 31.1. The summed E-state index contributed by atoms with van der Waals surface area (Å²) >= 11 is 0. The summed E-state index contributed by atoms with van der Waals surface area (Å²) in [5.74, 6) is 0.576. The van der Waals surface area contributed by atoms with Crippen molar-refractivity contribution < 1.29 is 14.9 Å².